The highest BCUT2D eigenvalue weighted by Gasteiger charge is 2.31. The lowest BCUT2D eigenvalue weighted by Gasteiger charge is -2.30. The highest BCUT2D eigenvalue weighted by atomic mass is 32.2. The van der Waals surface area contributed by atoms with E-state index < -0.39 is 5.97 Å². The standard InChI is InChI=1S/C15H18N2O3S/c18-14(10-16-6-5-11(9-16)15(19)20)17-7-8-21-13-4-2-1-3-12(13)17/h1-4,11H,5-10H2,(H,19,20)/t11-/m0/s1. The van der Waals surface area contributed by atoms with Crippen molar-refractivity contribution in [2.75, 3.05) is 36.8 Å². The molecular formula is C15H18N2O3S. The third kappa shape index (κ3) is 3.06. The van der Waals surface area contributed by atoms with Crippen LogP contribution in [-0.4, -0.2) is 53.8 Å². The van der Waals surface area contributed by atoms with Gasteiger partial charge < -0.3 is 10.0 Å². The highest BCUT2D eigenvalue weighted by molar-refractivity contribution is 7.99. The third-order valence-electron chi connectivity index (χ3n) is 4.01. The molecule has 0 radical (unpaired) electrons. The van der Waals surface area contributed by atoms with Crippen LogP contribution in [0.1, 0.15) is 6.42 Å². The van der Waals surface area contributed by atoms with Gasteiger partial charge in [-0.25, -0.2) is 0 Å². The molecular weight excluding hydrogens is 288 g/mol. The Morgan fingerprint density at radius 3 is 2.86 bits per heavy atom. The Morgan fingerprint density at radius 1 is 1.29 bits per heavy atom. The number of thioether (sulfide) groups is 1. The first kappa shape index (κ1) is 14.4. The molecule has 1 fully saturated rings. The molecule has 2 aliphatic heterocycles. The zero-order chi connectivity index (χ0) is 14.8. The van der Waals surface area contributed by atoms with Crippen molar-refractivity contribution in [3.05, 3.63) is 24.3 Å². The average molecular weight is 306 g/mol. The van der Waals surface area contributed by atoms with Gasteiger partial charge in [0, 0.05) is 23.7 Å². The molecule has 0 unspecified atom stereocenters. The molecule has 1 aromatic carbocycles. The molecule has 0 aliphatic carbocycles. The minimum absolute atomic E-state index is 0.0637. The zero-order valence-corrected chi connectivity index (χ0v) is 12.5. The summed E-state index contributed by atoms with van der Waals surface area (Å²) in [5.41, 5.74) is 0.979. The van der Waals surface area contributed by atoms with Gasteiger partial charge in [0.15, 0.2) is 0 Å². The minimum Gasteiger partial charge on any atom is -0.481 e. The Balaban J connectivity index is 1.66. The molecule has 112 valence electrons. The van der Waals surface area contributed by atoms with Crippen LogP contribution >= 0.6 is 11.8 Å². The number of carbonyl (C=O) groups excluding carboxylic acids is 1. The van der Waals surface area contributed by atoms with Crippen molar-refractivity contribution < 1.29 is 14.7 Å². The molecule has 2 heterocycles. The molecule has 6 heteroatoms. The van der Waals surface area contributed by atoms with Crippen LogP contribution in [0.4, 0.5) is 5.69 Å². The summed E-state index contributed by atoms with van der Waals surface area (Å²) in [6.45, 7) is 2.19. The van der Waals surface area contributed by atoms with Crippen molar-refractivity contribution in [2.24, 2.45) is 5.92 Å². The van der Waals surface area contributed by atoms with Crippen LogP contribution in [0.2, 0.25) is 0 Å². The SMILES string of the molecule is O=C(O)[C@H]1CCN(CC(=O)N2CCSc3ccccc32)C1. The number of amides is 1. The van der Waals surface area contributed by atoms with E-state index >= 15 is 0 Å². The maximum absolute atomic E-state index is 12.5. The van der Waals surface area contributed by atoms with Gasteiger partial charge in [0.25, 0.3) is 0 Å². The van der Waals surface area contributed by atoms with Crippen LogP contribution in [0.15, 0.2) is 29.2 Å². The number of hydrogen-bond acceptors (Lipinski definition) is 4. The van der Waals surface area contributed by atoms with Gasteiger partial charge in [-0.3, -0.25) is 14.5 Å². The number of hydrogen-bond donors (Lipinski definition) is 1. The van der Waals surface area contributed by atoms with Gasteiger partial charge in [-0.2, -0.15) is 0 Å². The summed E-state index contributed by atoms with van der Waals surface area (Å²) in [5.74, 6) is -0.124. The monoisotopic (exact) mass is 306 g/mol. The quantitative estimate of drug-likeness (QED) is 0.918. The number of anilines is 1. The number of carboxylic acid groups (broad SMARTS) is 1. The van der Waals surface area contributed by atoms with Crippen molar-refractivity contribution in [1.82, 2.24) is 4.90 Å². The van der Waals surface area contributed by atoms with Crippen LogP contribution in [0.5, 0.6) is 0 Å². The van der Waals surface area contributed by atoms with Gasteiger partial charge >= 0.3 is 5.97 Å². The van der Waals surface area contributed by atoms with Gasteiger partial charge in [0.2, 0.25) is 5.91 Å². The molecule has 0 saturated carbocycles. The first-order valence-electron chi connectivity index (χ1n) is 7.12. The first-order chi connectivity index (χ1) is 10.1. The molecule has 1 N–H and O–H groups in total. The molecule has 1 aromatic rings. The molecule has 1 saturated heterocycles. The van der Waals surface area contributed by atoms with Crippen molar-refractivity contribution in [2.45, 2.75) is 11.3 Å². The molecule has 1 atom stereocenters. The molecule has 0 spiro atoms. The lowest BCUT2D eigenvalue weighted by molar-refractivity contribution is -0.141. The summed E-state index contributed by atoms with van der Waals surface area (Å²) in [6.07, 6.45) is 0.634. The van der Waals surface area contributed by atoms with E-state index in [1.807, 2.05) is 34.1 Å². The van der Waals surface area contributed by atoms with Crippen LogP contribution < -0.4 is 4.90 Å². The van der Waals surface area contributed by atoms with Crippen molar-refractivity contribution in [3.63, 3.8) is 0 Å². The molecule has 21 heavy (non-hydrogen) atoms. The van der Waals surface area contributed by atoms with Crippen LogP contribution in [0.3, 0.4) is 0 Å². The molecule has 5 nitrogen and oxygen atoms in total. The number of para-hydroxylation sites is 1. The fraction of sp³-hybridized carbons (Fsp3) is 0.467. The van der Waals surface area contributed by atoms with Crippen LogP contribution in [0, 0.1) is 5.92 Å². The lowest BCUT2D eigenvalue weighted by atomic mass is 10.1. The normalized spacial score (nSPS) is 22.1. The van der Waals surface area contributed by atoms with Gasteiger partial charge in [-0.15, -0.1) is 11.8 Å². The van der Waals surface area contributed by atoms with Crippen molar-refractivity contribution in [3.8, 4) is 0 Å². The minimum atomic E-state index is -0.760. The second-order valence-corrected chi connectivity index (χ2v) is 6.56. The second-order valence-electron chi connectivity index (χ2n) is 5.42. The fourth-order valence-corrected chi connectivity index (χ4v) is 3.88. The third-order valence-corrected chi connectivity index (χ3v) is 5.05. The van der Waals surface area contributed by atoms with Gasteiger partial charge in [-0.1, -0.05) is 12.1 Å². The number of carbonyl (C=O) groups is 2. The van der Waals surface area contributed by atoms with E-state index in [0.717, 1.165) is 22.9 Å². The first-order valence-corrected chi connectivity index (χ1v) is 8.11. The summed E-state index contributed by atoms with van der Waals surface area (Å²) < 4.78 is 0. The van der Waals surface area contributed by atoms with Crippen molar-refractivity contribution in [1.29, 1.82) is 0 Å². The molecule has 0 aromatic heterocycles. The average Bonchev–Trinajstić information content (AvgIpc) is 2.95. The van der Waals surface area contributed by atoms with E-state index in [-0.39, 0.29) is 11.8 Å². The molecule has 2 aliphatic rings. The summed E-state index contributed by atoms with van der Waals surface area (Å²) in [4.78, 5) is 28.4. The number of carboxylic acids is 1. The molecule has 1 amide bonds. The van der Waals surface area contributed by atoms with Gasteiger partial charge in [0.05, 0.1) is 18.2 Å². The topological polar surface area (TPSA) is 60.9 Å². The van der Waals surface area contributed by atoms with E-state index in [1.165, 1.54) is 0 Å². The molecule has 3 rings (SSSR count). The maximum atomic E-state index is 12.5. The zero-order valence-electron chi connectivity index (χ0n) is 11.7. The fourth-order valence-electron chi connectivity index (χ4n) is 2.88. The predicted octanol–water partition coefficient (Wildman–Crippen LogP) is 1.53. The van der Waals surface area contributed by atoms with E-state index in [2.05, 4.69) is 0 Å². The van der Waals surface area contributed by atoms with E-state index in [1.54, 1.807) is 11.8 Å². The van der Waals surface area contributed by atoms with Crippen LogP contribution in [0.25, 0.3) is 0 Å². The maximum Gasteiger partial charge on any atom is 0.307 e. The smallest absolute Gasteiger partial charge is 0.307 e. The second kappa shape index (κ2) is 6.07. The number of benzene rings is 1. The Morgan fingerprint density at radius 2 is 2.10 bits per heavy atom. The van der Waals surface area contributed by atoms with Gasteiger partial charge in [-0.05, 0) is 25.1 Å². The summed E-state index contributed by atoms with van der Waals surface area (Å²) >= 11 is 1.77. The van der Waals surface area contributed by atoms with Gasteiger partial charge in [0.1, 0.15) is 0 Å². The summed E-state index contributed by atoms with van der Waals surface area (Å²) in [6, 6.07) is 7.94. The number of nitrogens with zero attached hydrogens (tertiary/aromatic N) is 2. The van der Waals surface area contributed by atoms with Crippen LogP contribution in [-0.2, 0) is 9.59 Å². The Hall–Kier alpha value is -1.53. The number of rotatable bonds is 3. The lowest BCUT2D eigenvalue weighted by Crippen LogP contribution is -2.42. The predicted molar refractivity (Wildman–Crippen MR) is 81.7 cm³/mol. The Kier molecular flexibility index (Phi) is 4.17. The largest absolute Gasteiger partial charge is 0.481 e. The highest BCUT2D eigenvalue weighted by Crippen LogP contribution is 2.34. The number of aliphatic carboxylic acids is 1. The number of likely N-dealkylation sites (tertiary alicyclic amines) is 1. The number of fused-ring (bicyclic) bond motifs is 1. The Bertz CT molecular complexity index is 564. The van der Waals surface area contributed by atoms with E-state index in [4.69, 9.17) is 5.11 Å². The molecule has 0 bridgehead atoms. The Labute approximate surface area is 127 Å². The summed E-state index contributed by atoms with van der Waals surface area (Å²) in [7, 11) is 0. The summed E-state index contributed by atoms with van der Waals surface area (Å²) in [5, 5.41) is 9.02. The van der Waals surface area contributed by atoms with E-state index in [0.29, 0.717) is 26.1 Å². The van der Waals surface area contributed by atoms with Crippen molar-refractivity contribution >= 4 is 29.3 Å². The van der Waals surface area contributed by atoms with E-state index in [9.17, 15) is 9.59 Å².